The summed E-state index contributed by atoms with van der Waals surface area (Å²) in [5, 5.41) is 7.15. The van der Waals surface area contributed by atoms with E-state index in [1.807, 2.05) is 24.3 Å². The zero-order valence-corrected chi connectivity index (χ0v) is 12.0. The SMILES string of the molecule is COc1ccc(C2=CC(C3=CCC=C3)NC(=S)N2)cc1. The van der Waals surface area contributed by atoms with Gasteiger partial charge in [0, 0.05) is 5.70 Å². The third-order valence-electron chi connectivity index (χ3n) is 3.43. The summed E-state index contributed by atoms with van der Waals surface area (Å²) < 4.78 is 5.18. The van der Waals surface area contributed by atoms with Crippen molar-refractivity contribution in [1.29, 1.82) is 0 Å². The smallest absolute Gasteiger partial charge is 0.171 e. The molecule has 4 heteroatoms. The molecule has 0 amide bonds. The minimum atomic E-state index is 0.139. The van der Waals surface area contributed by atoms with Gasteiger partial charge in [-0.2, -0.15) is 0 Å². The van der Waals surface area contributed by atoms with Gasteiger partial charge in [-0.15, -0.1) is 0 Å². The highest BCUT2D eigenvalue weighted by molar-refractivity contribution is 7.80. The lowest BCUT2D eigenvalue weighted by molar-refractivity contribution is 0.415. The molecule has 102 valence electrons. The number of thiocarbonyl (C=S) groups is 1. The van der Waals surface area contributed by atoms with Gasteiger partial charge in [-0.1, -0.05) is 18.2 Å². The molecule has 0 aromatic heterocycles. The van der Waals surface area contributed by atoms with Crippen molar-refractivity contribution < 1.29 is 4.74 Å². The van der Waals surface area contributed by atoms with Gasteiger partial charge in [-0.3, -0.25) is 0 Å². The summed E-state index contributed by atoms with van der Waals surface area (Å²) in [6.07, 6.45) is 9.68. The highest BCUT2D eigenvalue weighted by atomic mass is 32.1. The van der Waals surface area contributed by atoms with Crippen molar-refractivity contribution in [3.05, 3.63) is 59.7 Å². The number of ether oxygens (including phenoxy) is 1. The predicted octanol–water partition coefficient (Wildman–Crippen LogP) is 2.77. The van der Waals surface area contributed by atoms with Crippen molar-refractivity contribution in [1.82, 2.24) is 10.6 Å². The third-order valence-corrected chi connectivity index (χ3v) is 3.65. The largest absolute Gasteiger partial charge is 0.497 e. The van der Waals surface area contributed by atoms with Crippen LogP contribution in [0, 0.1) is 0 Å². The number of rotatable bonds is 3. The second-order valence-corrected chi connectivity index (χ2v) is 5.14. The Balaban J connectivity index is 1.90. The quantitative estimate of drug-likeness (QED) is 0.836. The van der Waals surface area contributed by atoms with Crippen molar-refractivity contribution in [2.45, 2.75) is 12.5 Å². The van der Waals surface area contributed by atoms with Crippen LogP contribution < -0.4 is 15.4 Å². The van der Waals surface area contributed by atoms with Gasteiger partial charge in [-0.25, -0.2) is 0 Å². The van der Waals surface area contributed by atoms with Crippen LogP contribution in [0.3, 0.4) is 0 Å². The van der Waals surface area contributed by atoms with Gasteiger partial charge in [0.15, 0.2) is 5.11 Å². The van der Waals surface area contributed by atoms with Gasteiger partial charge in [0.2, 0.25) is 0 Å². The first kappa shape index (κ1) is 12.9. The minimum Gasteiger partial charge on any atom is -0.497 e. The zero-order valence-electron chi connectivity index (χ0n) is 11.2. The van der Waals surface area contributed by atoms with E-state index in [1.54, 1.807) is 7.11 Å². The zero-order chi connectivity index (χ0) is 13.9. The fourth-order valence-electron chi connectivity index (χ4n) is 2.38. The average Bonchev–Trinajstić information content (AvgIpc) is 3.01. The molecule has 1 heterocycles. The van der Waals surface area contributed by atoms with Crippen LogP contribution in [0.25, 0.3) is 5.70 Å². The molecular weight excluding hydrogens is 268 g/mol. The van der Waals surface area contributed by atoms with Gasteiger partial charge < -0.3 is 15.4 Å². The van der Waals surface area contributed by atoms with Crippen LogP contribution in [0.15, 0.2) is 54.1 Å². The molecular formula is C16H16N2OS. The minimum absolute atomic E-state index is 0.139. The fourth-order valence-corrected chi connectivity index (χ4v) is 2.61. The summed E-state index contributed by atoms with van der Waals surface area (Å²) in [5.74, 6) is 0.851. The maximum Gasteiger partial charge on any atom is 0.171 e. The summed E-state index contributed by atoms with van der Waals surface area (Å²) in [4.78, 5) is 0. The predicted molar refractivity (Wildman–Crippen MR) is 85.5 cm³/mol. The highest BCUT2D eigenvalue weighted by Crippen LogP contribution is 2.22. The molecule has 0 radical (unpaired) electrons. The molecule has 2 N–H and O–H groups in total. The lowest BCUT2D eigenvalue weighted by Crippen LogP contribution is -2.45. The lowest BCUT2D eigenvalue weighted by Gasteiger charge is -2.26. The molecule has 0 saturated carbocycles. The molecule has 0 fully saturated rings. The van der Waals surface area contributed by atoms with Crippen molar-refractivity contribution in [2.75, 3.05) is 7.11 Å². The first-order chi connectivity index (χ1) is 9.76. The molecule has 3 nitrogen and oxygen atoms in total. The summed E-state index contributed by atoms with van der Waals surface area (Å²) >= 11 is 5.30. The number of nitrogens with one attached hydrogen (secondary N) is 2. The normalized spacial score (nSPS) is 20.9. The van der Waals surface area contributed by atoms with E-state index in [-0.39, 0.29) is 6.04 Å². The Morgan fingerprint density at radius 3 is 2.70 bits per heavy atom. The summed E-state index contributed by atoms with van der Waals surface area (Å²) in [7, 11) is 1.67. The van der Waals surface area contributed by atoms with Crippen LogP contribution in [-0.4, -0.2) is 18.3 Å². The number of hydrogen-bond acceptors (Lipinski definition) is 2. The average molecular weight is 284 g/mol. The fraction of sp³-hybridized carbons (Fsp3) is 0.188. The molecule has 1 aromatic rings. The van der Waals surface area contributed by atoms with Gasteiger partial charge >= 0.3 is 0 Å². The van der Waals surface area contributed by atoms with Crippen LogP contribution in [-0.2, 0) is 0 Å². The van der Waals surface area contributed by atoms with E-state index in [4.69, 9.17) is 17.0 Å². The lowest BCUT2D eigenvalue weighted by atomic mass is 10.0. The van der Waals surface area contributed by atoms with E-state index in [2.05, 4.69) is 34.9 Å². The molecule has 0 spiro atoms. The molecule has 1 atom stereocenters. The van der Waals surface area contributed by atoms with Gasteiger partial charge in [0.05, 0.1) is 13.2 Å². The second kappa shape index (κ2) is 5.51. The van der Waals surface area contributed by atoms with Gasteiger partial charge in [0.25, 0.3) is 0 Å². The number of benzene rings is 1. The molecule has 20 heavy (non-hydrogen) atoms. The maximum atomic E-state index is 5.30. The van der Waals surface area contributed by atoms with Crippen LogP contribution in [0.4, 0.5) is 0 Å². The van der Waals surface area contributed by atoms with E-state index >= 15 is 0 Å². The van der Waals surface area contributed by atoms with Crippen molar-refractivity contribution in [2.24, 2.45) is 0 Å². The summed E-state index contributed by atoms with van der Waals surface area (Å²) in [6.45, 7) is 0. The van der Waals surface area contributed by atoms with Gasteiger partial charge in [-0.05, 0) is 60.1 Å². The molecule has 0 saturated heterocycles. The second-order valence-electron chi connectivity index (χ2n) is 4.73. The Bertz CT molecular complexity index is 614. The van der Waals surface area contributed by atoms with E-state index in [9.17, 15) is 0 Å². The number of methoxy groups -OCH3 is 1. The Morgan fingerprint density at radius 2 is 2.05 bits per heavy atom. The first-order valence-electron chi connectivity index (χ1n) is 6.56. The molecule has 1 aliphatic heterocycles. The molecule has 0 bridgehead atoms. The molecule has 3 rings (SSSR count). The number of allylic oxidation sites excluding steroid dienone is 2. The van der Waals surface area contributed by atoms with E-state index in [0.29, 0.717) is 5.11 Å². The van der Waals surface area contributed by atoms with Crippen LogP contribution in [0.2, 0.25) is 0 Å². The summed E-state index contributed by atoms with van der Waals surface area (Å²) in [6, 6.07) is 8.10. The maximum absolute atomic E-state index is 5.30. The molecule has 2 aliphatic rings. The standard InChI is InChI=1S/C16H16N2OS/c1-19-13-8-6-12(7-9-13)15-10-14(17-16(20)18-15)11-4-2-3-5-11/h2,4-10,14H,3H2,1H3,(H2,17,18,20). The molecule has 1 aromatic carbocycles. The Hall–Kier alpha value is -2.07. The molecule has 1 aliphatic carbocycles. The van der Waals surface area contributed by atoms with Crippen molar-refractivity contribution >= 4 is 23.0 Å². The van der Waals surface area contributed by atoms with Crippen LogP contribution >= 0.6 is 12.2 Å². The van der Waals surface area contributed by atoms with E-state index in [1.165, 1.54) is 5.57 Å². The van der Waals surface area contributed by atoms with E-state index < -0.39 is 0 Å². The topological polar surface area (TPSA) is 33.3 Å². The monoisotopic (exact) mass is 284 g/mol. The Labute approximate surface area is 124 Å². The van der Waals surface area contributed by atoms with Crippen LogP contribution in [0.5, 0.6) is 5.75 Å². The molecule has 1 unspecified atom stereocenters. The van der Waals surface area contributed by atoms with E-state index in [0.717, 1.165) is 23.4 Å². The van der Waals surface area contributed by atoms with Gasteiger partial charge in [0.1, 0.15) is 5.75 Å². The van der Waals surface area contributed by atoms with Crippen molar-refractivity contribution in [3.63, 3.8) is 0 Å². The Kier molecular flexibility index (Phi) is 3.56. The third kappa shape index (κ3) is 2.60. The van der Waals surface area contributed by atoms with Crippen LogP contribution in [0.1, 0.15) is 12.0 Å². The summed E-state index contributed by atoms with van der Waals surface area (Å²) in [5.41, 5.74) is 3.39. The number of hydrogen-bond donors (Lipinski definition) is 2. The Morgan fingerprint density at radius 1 is 1.25 bits per heavy atom. The van der Waals surface area contributed by atoms with Crippen molar-refractivity contribution in [3.8, 4) is 5.75 Å². The first-order valence-corrected chi connectivity index (χ1v) is 6.97. The highest BCUT2D eigenvalue weighted by Gasteiger charge is 2.19.